The Bertz CT molecular complexity index is 298. The second-order valence-corrected chi connectivity index (χ2v) is 3.60. The molecule has 0 radical (unpaired) electrons. The maximum Gasteiger partial charge on any atom is 0.261 e. The summed E-state index contributed by atoms with van der Waals surface area (Å²) in [6.45, 7) is 0.672. The summed E-state index contributed by atoms with van der Waals surface area (Å²) in [5.41, 5.74) is 0.882. The number of thiophene rings is 1. The van der Waals surface area contributed by atoms with E-state index in [2.05, 4.69) is 5.32 Å². The molecule has 0 aliphatic heterocycles. The van der Waals surface area contributed by atoms with Gasteiger partial charge < -0.3 is 15.2 Å². The van der Waals surface area contributed by atoms with Crippen LogP contribution in [0, 0.1) is 0 Å². The molecule has 1 aromatic heterocycles. The van der Waals surface area contributed by atoms with Crippen molar-refractivity contribution < 1.29 is 14.6 Å². The number of nitrogens with one attached hydrogen (secondary N) is 1. The van der Waals surface area contributed by atoms with Crippen molar-refractivity contribution in [2.24, 2.45) is 0 Å². The van der Waals surface area contributed by atoms with E-state index >= 15 is 0 Å². The Hall–Kier alpha value is -0.910. The third kappa shape index (κ3) is 2.80. The average molecular weight is 215 g/mol. The number of amides is 1. The first-order chi connectivity index (χ1) is 6.79. The zero-order chi connectivity index (χ0) is 10.4. The smallest absolute Gasteiger partial charge is 0.261 e. The number of aliphatic hydroxyl groups excluding tert-OH is 1. The lowest BCUT2D eigenvalue weighted by molar-refractivity contribution is 0.0944. The van der Waals surface area contributed by atoms with E-state index in [-0.39, 0.29) is 19.1 Å². The highest BCUT2D eigenvalue weighted by atomic mass is 32.1. The van der Waals surface area contributed by atoms with Crippen molar-refractivity contribution in [3.63, 3.8) is 0 Å². The molecule has 0 saturated carbocycles. The molecule has 0 aromatic carbocycles. The molecule has 0 bridgehead atoms. The van der Waals surface area contributed by atoms with Crippen LogP contribution in [-0.2, 0) is 11.3 Å². The van der Waals surface area contributed by atoms with Crippen molar-refractivity contribution >= 4 is 17.2 Å². The first-order valence-corrected chi connectivity index (χ1v) is 5.12. The van der Waals surface area contributed by atoms with E-state index in [1.807, 2.05) is 11.4 Å². The van der Waals surface area contributed by atoms with E-state index in [9.17, 15) is 4.79 Å². The molecule has 4 nitrogen and oxygen atoms in total. The Morgan fingerprint density at radius 1 is 1.71 bits per heavy atom. The Kier molecular flexibility index (Phi) is 4.58. The Morgan fingerprint density at radius 2 is 2.50 bits per heavy atom. The van der Waals surface area contributed by atoms with Crippen LogP contribution in [0.4, 0.5) is 0 Å². The minimum absolute atomic E-state index is 0.0449. The van der Waals surface area contributed by atoms with Crippen LogP contribution in [0.3, 0.4) is 0 Å². The molecule has 0 aliphatic rings. The lowest BCUT2D eigenvalue weighted by Gasteiger charge is -2.03. The maximum atomic E-state index is 11.5. The van der Waals surface area contributed by atoms with Crippen LogP contribution in [0.2, 0.25) is 0 Å². The van der Waals surface area contributed by atoms with E-state index in [1.54, 1.807) is 7.11 Å². The van der Waals surface area contributed by atoms with Crippen LogP contribution >= 0.6 is 11.3 Å². The zero-order valence-electron chi connectivity index (χ0n) is 7.95. The van der Waals surface area contributed by atoms with Gasteiger partial charge in [0.2, 0.25) is 0 Å². The molecule has 1 heterocycles. The van der Waals surface area contributed by atoms with Gasteiger partial charge in [-0.05, 0) is 11.4 Å². The van der Waals surface area contributed by atoms with Gasteiger partial charge in [-0.2, -0.15) is 0 Å². The minimum atomic E-state index is -0.152. The van der Waals surface area contributed by atoms with Crippen molar-refractivity contribution in [2.45, 2.75) is 6.61 Å². The predicted octanol–water partition coefficient (Wildman–Crippen LogP) is 0.617. The van der Waals surface area contributed by atoms with Crippen molar-refractivity contribution in [3.8, 4) is 0 Å². The van der Waals surface area contributed by atoms with Gasteiger partial charge in [-0.25, -0.2) is 0 Å². The Balaban J connectivity index is 2.63. The topological polar surface area (TPSA) is 58.6 Å². The van der Waals surface area contributed by atoms with E-state index < -0.39 is 0 Å². The summed E-state index contributed by atoms with van der Waals surface area (Å²) in [6.07, 6.45) is 0. The number of methoxy groups -OCH3 is 1. The fourth-order valence-corrected chi connectivity index (χ4v) is 1.88. The number of ether oxygens (including phenoxy) is 1. The summed E-state index contributed by atoms with van der Waals surface area (Å²) in [4.78, 5) is 12.1. The van der Waals surface area contributed by atoms with E-state index in [0.29, 0.717) is 11.5 Å². The van der Waals surface area contributed by atoms with Crippen molar-refractivity contribution in [2.75, 3.05) is 20.3 Å². The number of aliphatic hydroxyl groups is 1. The third-order valence-corrected chi connectivity index (χ3v) is 2.61. The Morgan fingerprint density at radius 3 is 3.14 bits per heavy atom. The first kappa shape index (κ1) is 11.2. The molecular weight excluding hydrogens is 202 g/mol. The van der Waals surface area contributed by atoms with E-state index in [0.717, 1.165) is 5.56 Å². The van der Waals surface area contributed by atoms with Gasteiger partial charge in [-0.15, -0.1) is 11.3 Å². The molecule has 0 unspecified atom stereocenters. The third-order valence-electron chi connectivity index (χ3n) is 1.65. The minimum Gasteiger partial charge on any atom is -0.395 e. The number of rotatable bonds is 5. The SMILES string of the molecule is COCc1ccsc1C(=O)NCCO. The average Bonchev–Trinajstić information content (AvgIpc) is 2.63. The maximum absolute atomic E-state index is 11.5. The van der Waals surface area contributed by atoms with Gasteiger partial charge in [0.25, 0.3) is 5.91 Å². The molecular formula is C9H13NO3S. The second-order valence-electron chi connectivity index (χ2n) is 2.69. The van der Waals surface area contributed by atoms with E-state index in [1.165, 1.54) is 11.3 Å². The van der Waals surface area contributed by atoms with Gasteiger partial charge in [0.1, 0.15) is 0 Å². The Labute approximate surface area is 86.5 Å². The second kappa shape index (κ2) is 5.74. The lowest BCUT2D eigenvalue weighted by Crippen LogP contribution is -2.26. The molecule has 5 heteroatoms. The lowest BCUT2D eigenvalue weighted by atomic mass is 10.2. The van der Waals surface area contributed by atoms with Crippen molar-refractivity contribution in [1.82, 2.24) is 5.32 Å². The fourth-order valence-electron chi connectivity index (χ4n) is 1.05. The molecule has 1 aromatic rings. The standard InChI is InChI=1S/C9H13NO3S/c1-13-6-7-2-5-14-8(7)9(12)10-3-4-11/h2,5,11H,3-4,6H2,1H3,(H,10,12). The molecule has 14 heavy (non-hydrogen) atoms. The van der Waals surface area contributed by atoms with Gasteiger partial charge in [0.15, 0.2) is 0 Å². The molecule has 0 saturated heterocycles. The number of hydrogen-bond donors (Lipinski definition) is 2. The normalized spacial score (nSPS) is 10.1. The molecule has 0 aliphatic carbocycles. The summed E-state index contributed by atoms with van der Waals surface area (Å²) in [5, 5.41) is 13.0. The molecule has 0 atom stereocenters. The molecule has 0 spiro atoms. The van der Waals surface area contributed by atoms with Crippen molar-refractivity contribution in [3.05, 3.63) is 21.9 Å². The van der Waals surface area contributed by atoms with Crippen LogP contribution in [-0.4, -0.2) is 31.3 Å². The summed E-state index contributed by atoms with van der Waals surface area (Å²) in [7, 11) is 1.59. The zero-order valence-corrected chi connectivity index (χ0v) is 8.76. The molecule has 1 amide bonds. The highest BCUT2D eigenvalue weighted by molar-refractivity contribution is 7.12. The number of carbonyl (C=O) groups is 1. The van der Waals surface area contributed by atoms with Gasteiger partial charge in [-0.3, -0.25) is 4.79 Å². The largest absolute Gasteiger partial charge is 0.395 e. The molecule has 1 rings (SSSR count). The van der Waals surface area contributed by atoms with Gasteiger partial charge in [0.05, 0.1) is 18.1 Å². The highest BCUT2D eigenvalue weighted by Crippen LogP contribution is 2.17. The quantitative estimate of drug-likeness (QED) is 0.757. The molecule has 0 fully saturated rings. The van der Waals surface area contributed by atoms with Crippen LogP contribution in [0.15, 0.2) is 11.4 Å². The van der Waals surface area contributed by atoms with Gasteiger partial charge in [0, 0.05) is 19.2 Å². The van der Waals surface area contributed by atoms with Gasteiger partial charge >= 0.3 is 0 Å². The summed E-state index contributed by atoms with van der Waals surface area (Å²) >= 11 is 1.37. The van der Waals surface area contributed by atoms with Crippen LogP contribution in [0.5, 0.6) is 0 Å². The summed E-state index contributed by atoms with van der Waals surface area (Å²) in [5.74, 6) is -0.152. The molecule has 2 N–H and O–H groups in total. The van der Waals surface area contributed by atoms with Crippen LogP contribution < -0.4 is 5.32 Å². The van der Waals surface area contributed by atoms with Crippen LogP contribution in [0.1, 0.15) is 15.2 Å². The first-order valence-electron chi connectivity index (χ1n) is 4.24. The number of carbonyl (C=O) groups excluding carboxylic acids is 1. The highest BCUT2D eigenvalue weighted by Gasteiger charge is 2.11. The van der Waals surface area contributed by atoms with E-state index in [4.69, 9.17) is 9.84 Å². The van der Waals surface area contributed by atoms with Crippen LogP contribution in [0.25, 0.3) is 0 Å². The summed E-state index contributed by atoms with van der Waals surface area (Å²) in [6, 6.07) is 1.86. The predicted molar refractivity (Wildman–Crippen MR) is 54.5 cm³/mol. The molecule has 78 valence electrons. The monoisotopic (exact) mass is 215 g/mol. The number of hydrogen-bond acceptors (Lipinski definition) is 4. The van der Waals surface area contributed by atoms with Crippen molar-refractivity contribution in [1.29, 1.82) is 0 Å². The fraction of sp³-hybridized carbons (Fsp3) is 0.444. The van der Waals surface area contributed by atoms with Gasteiger partial charge in [-0.1, -0.05) is 0 Å². The summed E-state index contributed by atoms with van der Waals surface area (Å²) < 4.78 is 4.96.